The number of alkyl halides is 3. The molecule has 8 heteroatoms. The number of hydrogen-bond donors (Lipinski definition) is 2. The van der Waals surface area contributed by atoms with E-state index in [0.29, 0.717) is 18.4 Å². The van der Waals surface area contributed by atoms with Gasteiger partial charge in [-0.05, 0) is 26.4 Å². The molecule has 1 aliphatic heterocycles. The maximum atomic E-state index is 12.8. The van der Waals surface area contributed by atoms with E-state index >= 15 is 0 Å². The van der Waals surface area contributed by atoms with Crippen molar-refractivity contribution < 1.29 is 22.8 Å². The average molecular weight is 267 g/mol. The van der Waals surface area contributed by atoms with Crippen molar-refractivity contribution in [3.05, 3.63) is 0 Å². The van der Waals surface area contributed by atoms with Crippen molar-refractivity contribution in [2.45, 2.75) is 25.6 Å². The minimum absolute atomic E-state index is 0.0445. The summed E-state index contributed by atoms with van der Waals surface area (Å²) in [5.74, 6) is -1.37. The van der Waals surface area contributed by atoms with Gasteiger partial charge >= 0.3 is 12.2 Å². The monoisotopic (exact) mass is 267 g/mol. The van der Waals surface area contributed by atoms with Gasteiger partial charge < -0.3 is 10.6 Å². The van der Waals surface area contributed by atoms with Crippen LogP contribution >= 0.6 is 0 Å². The molecule has 0 saturated carbocycles. The molecule has 104 valence electrons. The summed E-state index contributed by atoms with van der Waals surface area (Å²) in [4.78, 5) is 23.8. The molecular weight excluding hydrogens is 251 g/mol. The number of nitrogens with zero attached hydrogens (tertiary/aromatic N) is 1. The maximum Gasteiger partial charge on any atom is 0.420 e. The van der Waals surface area contributed by atoms with Crippen LogP contribution in [0.5, 0.6) is 0 Å². The number of hydrogen-bond acceptors (Lipinski definition) is 3. The molecule has 5 nitrogen and oxygen atoms in total. The summed E-state index contributed by atoms with van der Waals surface area (Å²) < 4.78 is 38.3. The lowest BCUT2D eigenvalue weighted by Gasteiger charge is -2.25. The van der Waals surface area contributed by atoms with Gasteiger partial charge in [0.25, 0.3) is 5.91 Å². The van der Waals surface area contributed by atoms with Gasteiger partial charge in [-0.3, -0.25) is 9.69 Å². The molecule has 0 spiro atoms. The van der Waals surface area contributed by atoms with E-state index in [1.54, 1.807) is 19.3 Å². The summed E-state index contributed by atoms with van der Waals surface area (Å²) >= 11 is 0. The van der Waals surface area contributed by atoms with Gasteiger partial charge in [0, 0.05) is 6.54 Å². The second-order valence-corrected chi connectivity index (χ2v) is 4.63. The van der Waals surface area contributed by atoms with Gasteiger partial charge in [0.15, 0.2) is 0 Å². The summed E-state index contributed by atoms with van der Waals surface area (Å²) in [7, 11) is 1.68. The van der Waals surface area contributed by atoms with Crippen molar-refractivity contribution in [2.24, 2.45) is 5.92 Å². The fourth-order valence-corrected chi connectivity index (χ4v) is 1.78. The Labute approximate surface area is 103 Å². The van der Waals surface area contributed by atoms with E-state index in [0.717, 1.165) is 0 Å². The highest BCUT2D eigenvalue weighted by molar-refractivity contribution is 6.07. The maximum absolute atomic E-state index is 12.8. The standard InChI is InChI=1S/C10H16F3N3O2/c1-6(4-14-3)5-16-7(17)9(2,10(11,12)13)15-8(16)18/h6,14H,4-5H2,1-3H3,(H,15,18). The molecule has 18 heavy (non-hydrogen) atoms. The highest BCUT2D eigenvalue weighted by Crippen LogP contribution is 2.35. The summed E-state index contributed by atoms with van der Waals surface area (Å²) in [6, 6.07) is -0.997. The second-order valence-electron chi connectivity index (χ2n) is 4.63. The van der Waals surface area contributed by atoms with Gasteiger partial charge in [0.1, 0.15) is 0 Å². The van der Waals surface area contributed by atoms with Crippen molar-refractivity contribution in [1.82, 2.24) is 15.5 Å². The molecule has 1 fully saturated rings. The van der Waals surface area contributed by atoms with Crippen LogP contribution in [0.3, 0.4) is 0 Å². The van der Waals surface area contributed by atoms with Crippen molar-refractivity contribution in [1.29, 1.82) is 0 Å². The molecule has 1 aliphatic rings. The van der Waals surface area contributed by atoms with Crippen molar-refractivity contribution in [3.63, 3.8) is 0 Å². The molecule has 3 amide bonds. The predicted octanol–water partition coefficient (Wildman–Crippen LogP) is 0.715. The van der Waals surface area contributed by atoms with Crippen LogP contribution in [0.4, 0.5) is 18.0 Å². The number of carbonyl (C=O) groups is 2. The zero-order valence-corrected chi connectivity index (χ0v) is 10.4. The first kappa shape index (κ1) is 14.7. The van der Waals surface area contributed by atoms with Crippen LogP contribution in [-0.2, 0) is 4.79 Å². The molecule has 1 heterocycles. The third-order valence-corrected chi connectivity index (χ3v) is 2.89. The number of carbonyl (C=O) groups excluding carboxylic acids is 2. The van der Waals surface area contributed by atoms with Crippen LogP contribution < -0.4 is 10.6 Å². The lowest BCUT2D eigenvalue weighted by Crippen LogP contribution is -2.56. The zero-order chi connectivity index (χ0) is 14.1. The lowest BCUT2D eigenvalue weighted by molar-refractivity contribution is -0.191. The molecule has 0 aromatic carbocycles. The van der Waals surface area contributed by atoms with E-state index in [9.17, 15) is 22.8 Å². The van der Waals surface area contributed by atoms with Gasteiger partial charge in [-0.25, -0.2) is 4.79 Å². The largest absolute Gasteiger partial charge is 0.420 e. The molecule has 0 radical (unpaired) electrons. The minimum Gasteiger partial charge on any atom is -0.319 e. The highest BCUT2D eigenvalue weighted by Gasteiger charge is 2.64. The summed E-state index contributed by atoms with van der Waals surface area (Å²) in [5.41, 5.74) is -2.82. The molecule has 2 unspecified atom stereocenters. The van der Waals surface area contributed by atoms with E-state index in [1.165, 1.54) is 0 Å². The highest BCUT2D eigenvalue weighted by atomic mass is 19.4. The van der Waals surface area contributed by atoms with Gasteiger partial charge in [0.2, 0.25) is 5.54 Å². The smallest absolute Gasteiger partial charge is 0.319 e. The molecule has 0 aromatic heterocycles. The van der Waals surface area contributed by atoms with Gasteiger partial charge in [-0.15, -0.1) is 0 Å². The molecule has 1 saturated heterocycles. The fourth-order valence-electron chi connectivity index (χ4n) is 1.78. The Morgan fingerprint density at radius 1 is 1.44 bits per heavy atom. The first-order valence-corrected chi connectivity index (χ1v) is 5.49. The summed E-state index contributed by atoms with van der Waals surface area (Å²) in [6.07, 6.45) is -4.80. The van der Waals surface area contributed by atoms with E-state index in [4.69, 9.17) is 0 Å². The van der Waals surface area contributed by atoms with Crippen LogP contribution in [0, 0.1) is 5.92 Å². The van der Waals surface area contributed by atoms with Crippen LogP contribution in [0.1, 0.15) is 13.8 Å². The lowest BCUT2D eigenvalue weighted by atomic mass is 10.0. The van der Waals surface area contributed by atoms with E-state index in [1.807, 2.05) is 0 Å². The molecule has 2 N–H and O–H groups in total. The number of amides is 3. The van der Waals surface area contributed by atoms with Crippen molar-refractivity contribution in [3.8, 4) is 0 Å². The molecule has 0 bridgehead atoms. The molecule has 2 atom stereocenters. The first-order valence-electron chi connectivity index (χ1n) is 5.49. The van der Waals surface area contributed by atoms with Crippen LogP contribution in [0.25, 0.3) is 0 Å². The Morgan fingerprint density at radius 2 is 2.00 bits per heavy atom. The third-order valence-electron chi connectivity index (χ3n) is 2.89. The number of nitrogens with one attached hydrogen (secondary N) is 2. The normalized spacial score (nSPS) is 26.4. The first-order chi connectivity index (χ1) is 8.13. The number of imide groups is 1. The minimum atomic E-state index is -4.80. The van der Waals surface area contributed by atoms with E-state index in [2.05, 4.69) is 5.32 Å². The Hall–Kier alpha value is -1.31. The Morgan fingerprint density at radius 3 is 2.39 bits per heavy atom. The van der Waals surface area contributed by atoms with Crippen molar-refractivity contribution in [2.75, 3.05) is 20.1 Å². The SMILES string of the molecule is CNCC(C)CN1C(=O)NC(C)(C(F)(F)F)C1=O. The Kier molecular flexibility index (Phi) is 3.89. The molecule has 1 rings (SSSR count). The van der Waals surface area contributed by atoms with Crippen molar-refractivity contribution >= 4 is 11.9 Å². The Balaban J connectivity index is 2.86. The predicted molar refractivity (Wildman–Crippen MR) is 57.8 cm³/mol. The molecule has 0 aromatic rings. The number of urea groups is 1. The summed E-state index contributed by atoms with van der Waals surface area (Å²) in [6.45, 7) is 2.87. The third kappa shape index (κ3) is 2.43. The quantitative estimate of drug-likeness (QED) is 0.738. The zero-order valence-electron chi connectivity index (χ0n) is 10.4. The summed E-state index contributed by atoms with van der Waals surface area (Å²) in [5, 5.41) is 4.54. The second kappa shape index (κ2) is 4.75. The number of rotatable bonds is 4. The van der Waals surface area contributed by atoms with Crippen LogP contribution in [0.2, 0.25) is 0 Å². The van der Waals surface area contributed by atoms with Gasteiger partial charge in [-0.1, -0.05) is 6.92 Å². The average Bonchev–Trinajstić information content (AvgIpc) is 2.43. The van der Waals surface area contributed by atoms with Gasteiger partial charge in [0.05, 0.1) is 0 Å². The van der Waals surface area contributed by atoms with Crippen LogP contribution in [0.15, 0.2) is 0 Å². The number of halogens is 3. The van der Waals surface area contributed by atoms with E-state index < -0.39 is 23.7 Å². The molecule has 0 aliphatic carbocycles. The van der Waals surface area contributed by atoms with Gasteiger partial charge in [-0.2, -0.15) is 13.2 Å². The fraction of sp³-hybridized carbons (Fsp3) is 0.800. The van der Waals surface area contributed by atoms with E-state index in [-0.39, 0.29) is 12.5 Å². The Bertz CT molecular complexity index is 359. The molecular formula is C10H16F3N3O2. The van der Waals surface area contributed by atoms with Crippen LogP contribution in [-0.4, -0.2) is 48.7 Å². The topological polar surface area (TPSA) is 61.4 Å².